The van der Waals surface area contributed by atoms with Gasteiger partial charge in [-0.25, -0.2) is 0 Å². The number of nitrogens with zero attached hydrogens (tertiary/aromatic N) is 3. The minimum absolute atomic E-state index is 0.204. The number of aromatic nitrogens is 3. The molecule has 0 unspecified atom stereocenters. The molecule has 3 N–H and O–H groups in total. The Morgan fingerprint density at radius 2 is 1.46 bits per heavy atom. The summed E-state index contributed by atoms with van der Waals surface area (Å²) in [5, 5.41) is 2.62. The zero-order valence-electron chi connectivity index (χ0n) is 12.2. The molecule has 5 nitrogen and oxygen atoms in total. The van der Waals surface area contributed by atoms with E-state index >= 15 is 0 Å². The Kier molecular flexibility index (Phi) is 4.77. The van der Waals surface area contributed by atoms with Crippen LogP contribution in [0.15, 0.2) is 0 Å². The quantitative estimate of drug-likeness (QED) is 0.803. The van der Waals surface area contributed by atoms with Gasteiger partial charge in [0.25, 0.3) is 0 Å². The van der Waals surface area contributed by atoms with Crippen molar-refractivity contribution < 1.29 is 30.7 Å². The molecule has 0 amide bonds. The van der Waals surface area contributed by atoms with E-state index in [-0.39, 0.29) is 6.04 Å². The molecule has 2 rings (SSSR count). The summed E-state index contributed by atoms with van der Waals surface area (Å²) in [6, 6.07) is -0.204. The molecule has 1 aliphatic rings. The lowest BCUT2D eigenvalue weighted by Crippen LogP contribution is -2.51. The Bertz CT molecular complexity index is 584. The van der Waals surface area contributed by atoms with E-state index in [9.17, 15) is 30.7 Å². The van der Waals surface area contributed by atoms with Crippen molar-refractivity contribution in [1.29, 1.82) is 0 Å². The van der Waals surface area contributed by atoms with Crippen LogP contribution in [0.3, 0.4) is 0 Å². The normalized spacial score (nSPS) is 17.8. The molecule has 1 fully saturated rings. The van der Waals surface area contributed by atoms with E-state index in [1.165, 1.54) is 0 Å². The summed E-state index contributed by atoms with van der Waals surface area (Å²) in [4.78, 5) is 9.27. The average Bonchev–Trinajstić information content (AvgIpc) is 2.46. The summed E-state index contributed by atoms with van der Waals surface area (Å²) in [5.41, 5.74) is 5.15. The van der Waals surface area contributed by atoms with Gasteiger partial charge in [-0.05, 0) is 12.8 Å². The predicted molar refractivity (Wildman–Crippen MR) is 69.6 cm³/mol. The summed E-state index contributed by atoms with van der Waals surface area (Å²) < 4.78 is 90.2. The number of hydrogen-bond donors (Lipinski definition) is 2. The third-order valence-corrected chi connectivity index (χ3v) is 3.62. The monoisotopic (exact) mass is 361 g/mol. The molecule has 1 aliphatic carbocycles. The second-order valence-corrected chi connectivity index (χ2v) is 5.47. The standard InChI is InChI=1S/C12H14F7N5/c13-10(14,11(15,16)12(17,18)19)7-22-8(20)24-9(23-7)21-6-4-2-1-3-5-6/h6H,1-5H2,(H3,20,21,22,23,24). The van der Waals surface area contributed by atoms with Crippen molar-refractivity contribution in [3.8, 4) is 0 Å². The molecule has 1 aromatic heterocycles. The topological polar surface area (TPSA) is 76.7 Å². The highest BCUT2D eigenvalue weighted by atomic mass is 19.4. The molecular weight excluding hydrogens is 347 g/mol. The van der Waals surface area contributed by atoms with Crippen LogP contribution in [0.2, 0.25) is 0 Å². The number of alkyl halides is 7. The maximum absolute atomic E-state index is 13.7. The summed E-state index contributed by atoms with van der Waals surface area (Å²) in [7, 11) is 0. The fraction of sp³-hybridized carbons (Fsp3) is 0.750. The lowest BCUT2D eigenvalue weighted by Gasteiger charge is -2.27. The Labute approximate surface area is 131 Å². The Balaban J connectivity index is 2.33. The summed E-state index contributed by atoms with van der Waals surface area (Å²) in [5.74, 6) is -15.5. The fourth-order valence-electron chi connectivity index (χ4n) is 2.35. The number of nitrogen functional groups attached to an aromatic ring is 1. The molecule has 12 heteroatoms. The first-order chi connectivity index (χ1) is 10.9. The van der Waals surface area contributed by atoms with Gasteiger partial charge in [-0.3, -0.25) is 0 Å². The van der Waals surface area contributed by atoms with Crippen LogP contribution in [0.1, 0.15) is 37.9 Å². The smallest absolute Gasteiger partial charge is 0.368 e. The van der Waals surface area contributed by atoms with E-state index in [1.54, 1.807) is 0 Å². The van der Waals surface area contributed by atoms with Gasteiger partial charge in [-0.2, -0.15) is 45.7 Å². The van der Waals surface area contributed by atoms with E-state index in [0.717, 1.165) is 19.3 Å². The van der Waals surface area contributed by atoms with Gasteiger partial charge in [-0.15, -0.1) is 0 Å². The highest BCUT2D eigenvalue weighted by Gasteiger charge is 2.75. The van der Waals surface area contributed by atoms with E-state index < -0.39 is 35.7 Å². The molecule has 0 aromatic carbocycles. The molecule has 0 bridgehead atoms. The fourth-order valence-corrected chi connectivity index (χ4v) is 2.35. The lowest BCUT2D eigenvalue weighted by atomic mass is 9.96. The van der Waals surface area contributed by atoms with Crippen LogP contribution in [0.4, 0.5) is 42.6 Å². The number of hydrogen-bond acceptors (Lipinski definition) is 5. The number of halogens is 7. The van der Waals surface area contributed by atoms with Crippen LogP contribution in [0.25, 0.3) is 0 Å². The SMILES string of the molecule is Nc1nc(NC2CCCCC2)nc(C(F)(F)C(F)(F)C(F)(F)F)n1. The van der Waals surface area contributed by atoms with Gasteiger partial charge in [0.15, 0.2) is 0 Å². The molecule has 0 saturated heterocycles. The predicted octanol–water partition coefficient (Wildman–Crippen LogP) is 3.49. The minimum atomic E-state index is -6.48. The molecule has 1 saturated carbocycles. The first-order valence-electron chi connectivity index (χ1n) is 7.06. The maximum Gasteiger partial charge on any atom is 0.460 e. The van der Waals surface area contributed by atoms with Crippen LogP contribution in [-0.4, -0.2) is 33.1 Å². The average molecular weight is 361 g/mol. The minimum Gasteiger partial charge on any atom is -0.368 e. The third kappa shape index (κ3) is 3.46. The van der Waals surface area contributed by atoms with E-state index in [4.69, 9.17) is 5.73 Å². The van der Waals surface area contributed by atoms with Crippen molar-refractivity contribution in [2.75, 3.05) is 11.1 Å². The Hall–Kier alpha value is -1.88. The molecule has 0 radical (unpaired) electrons. The van der Waals surface area contributed by atoms with Gasteiger partial charge in [0.1, 0.15) is 0 Å². The molecular formula is C12H14F7N5. The number of rotatable bonds is 4. The zero-order chi connectivity index (χ0) is 18.2. The van der Waals surface area contributed by atoms with Crippen molar-refractivity contribution in [3.63, 3.8) is 0 Å². The van der Waals surface area contributed by atoms with Crippen LogP contribution in [0, 0.1) is 0 Å². The Morgan fingerprint density at radius 3 is 2.00 bits per heavy atom. The van der Waals surface area contributed by atoms with Crippen LogP contribution in [0.5, 0.6) is 0 Å². The summed E-state index contributed by atoms with van der Waals surface area (Å²) in [6.07, 6.45) is -2.46. The first kappa shape index (κ1) is 18.5. The van der Waals surface area contributed by atoms with Gasteiger partial charge in [0.2, 0.25) is 17.7 Å². The highest BCUT2D eigenvalue weighted by molar-refractivity contribution is 5.33. The summed E-state index contributed by atoms with van der Waals surface area (Å²) >= 11 is 0. The van der Waals surface area contributed by atoms with Gasteiger partial charge >= 0.3 is 18.0 Å². The molecule has 136 valence electrons. The van der Waals surface area contributed by atoms with Crippen molar-refractivity contribution in [2.45, 2.75) is 56.2 Å². The second kappa shape index (κ2) is 6.20. The van der Waals surface area contributed by atoms with E-state index in [2.05, 4.69) is 20.3 Å². The van der Waals surface area contributed by atoms with Crippen molar-refractivity contribution in [2.24, 2.45) is 0 Å². The van der Waals surface area contributed by atoms with E-state index in [0.29, 0.717) is 12.8 Å². The van der Waals surface area contributed by atoms with Crippen molar-refractivity contribution >= 4 is 11.9 Å². The van der Waals surface area contributed by atoms with Gasteiger partial charge in [0, 0.05) is 6.04 Å². The molecule has 0 aliphatic heterocycles. The van der Waals surface area contributed by atoms with Crippen LogP contribution < -0.4 is 11.1 Å². The molecule has 1 aromatic rings. The van der Waals surface area contributed by atoms with Gasteiger partial charge in [-0.1, -0.05) is 19.3 Å². The molecule has 1 heterocycles. The van der Waals surface area contributed by atoms with Crippen LogP contribution in [-0.2, 0) is 5.92 Å². The maximum atomic E-state index is 13.7. The van der Waals surface area contributed by atoms with Gasteiger partial charge < -0.3 is 11.1 Å². The number of nitrogens with one attached hydrogen (secondary N) is 1. The largest absolute Gasteiger partial charge is 0.460 e. The number of nitrogens with two attached hydrogens (primary N) is 1. The zero-order valence-corrected chi connectivity index (χ0v) is 12.2. The Morgan fingerprint density at radius 1 is 0.875 bits per heavy atom. The van der Waals surface area contributed by atoms with Crippen molar-refractivity contribution in [3.05, 3.63) is 5.82 Å². The number of anilines is 2. The van der Waals surface area contributed by atoms with Crippen molar-refractivity contribution in [1.82, 2.24) is 15.0 Å². The summed E-state index contributed by atoms with van der Waals surface area (Å²) in [6.45, 7) is 0. The van der Waals surface area contributed by atoms with Gasteiger partial charge in [0.05, 0.1) is 0 Å². The first-order valence-corrected chi connectivity index (χ1v) is 7.06. The second-order valence-electron chi connectivity index (χ2n) is 5.47. The third-order valence-electron chi connectivity index (χ3n) is 3.62. The lowest BCUT2D eigenvalue weighted by molar-refractivity contribution is -0.361. The molecule has 0 spiro atoms. The molecule has 0 atom stereocenters. The molecule has 24 heavy (non-hydrogen) atoms. The van der Waals surface area contributed by atoms with E-state index in [1.807, 2.05) is 0 Å². The highest BCUT2D eigenvalue weighted by Crippen LogP contribution is 2.50. The van der Waals surface area contributed by atoms with Crippen LogP contribution >= 0.6 is 0 Å².